The van der Waals surface area contributed by atoms with Crippen molar-refractivity contribution in [2.45, 2.75) is 25.9 Å². The molecule has 3 rings (SSSR count). The molecule has 1 aromatic heterocycles. The van der Waals surface area contributed by atoms with Crippen LogP contribution >= 0.6 is 23.2 Å². The van der Waals surface area contributed by atoms with Crippen LogP contribution in [0.4, 0.5) is 0 Å². The zero-order chi connectivity index (χ0) is 24.8. The normalized spacial score (nSPS) is 15.3. The smallest absolute Gasteiger partial charge is 0.323 e. The highest BCUT2D eigenvalue weighted by Crippen LogP contribution is 2.26. The third-order valence-corrected chi connectivity index (χ3v) is 6.16. The van der Waals surface area contributed by atoms with Gasteiger partial charge in [0.05, 0.1) is 25.2 Å². The molecule has 9 nitrogen and oxygen atoms in total. The van der Waals surface area contributed by atoms with Crippen LogP contribution in [0, 0.1) is 10.1 Å². The topological polar surface area (TPSA) is 92.0 Å². The number of nitro groups is 1. The summed E-state index contributed by atoms with van der Waals surface area (Å²) in [6, 6.07) is 10.0. The molecule has 0 unspecified atom stereocenters. The number of hydrogen-bond donors (Lipinski definition) is 0. The van der Waals surface area contributed by atoms with Gasteiger partial charge in [-0.1, -0.05) is 41.4 Å². The second-order valence-corrected chi connectivity index (χ2v) is 8.81. The molecule has 2 heterocycles. The van der Waals surface area contributed by atoms with E-state index >= 15 is 0 Å². The average Bonchev–Trinajstić information content (AvgIpc) is 2.82. The Balaban J connectivity index is 1.90. The van der Waals surface area contributed by atoms with Gasteiger partial charge in [0.15, 0.2) is 5.82 Å². The molecule has 2 aromatic rings. The van der Waals surface area contributed by atoms with Gasteiger partial charge in [-0.2, -0.15) is 0 Å². The van der Waals surface area contributed by atoms with Crippen molar-refractivity contribution >= 4 is 29.2 Å². The third-order valence-electron chi connectivity index (χ3n) is 5.69. The number of aromatic nitrogens is 1. The van der Waals surface area contributed by atoms with Crippen molar-refractivity contribution in [1.82, 2.24) is 19.7 Å². The molecular formula is C23H27Cl2N5O4. The minimum atomic E-state index is -0.694. The van der Waals surface area contributed by atoms with Crippen molar-refractivity contribution in [3.05, 3.63) is 85.5 Å². The summed E-state index contributed by atoms with van der Waals surface area (Å²) in [4.78, 5) is 34.0. The molecule has 1 aromatic carbocycles. The Morgan fingerprint density at radius 2 is 1.91 bits per heavy atom. The summed E-state index contributed by atoms with van der Waals surface area (Å²) < 4.78 is 5.04. The molecule has 1 aliphatic rings. The number of carbonyl (C=O) groups excluding carboxylic acids is 1. The second kappa shape index (κ2) is 11.5. The van der Waals surface area contributed by atoms with Gasteiger partial charge in [0, 0.05) is 31.4 Å². The number of nitrogens with zero attached hydrogens (tertiary/aromatic N) is 5. The standard InChI is InChI=1S/C23H27Cl2N5O4/c1-4-28(13-17-7-10-21(25)26-12-17)22-20(30(32)33)14-29(15-27(22)2)19(23(31)34-3)11-16-5-8-18(24)9-6-16/h5-10,12,19H,4,11,13-15H2,1-3H3/t19-/m0/s1. The Labute approximate surface area is 208 Å². The van der Waals surface area contributed by atoms with E-state index in [2.05, 4.69) is 4.98 Å². The number of benzene rings is 1. The van der Waals surface area contributed by atoms with Gasteiger partial charge in [0.2, 0.25) is 0 Å². The van der Waals surface area contributed by atoms with Gasteiger partial charge in [-0.3, -0.25) is 19.8 Å². The predicted molar refractivity (Wildman–Crippen MR) is 130 cm³/mol. The van der Waals surface area contributed by atoms with Crippen LogP contribution in [0.5, 0.6) is 0 Å². The Bertz CT molecular complexity index is 1050. The molecule has 0 bridgehead atoms. The predicted octanol–water partition coefficient (Wildman–Crippen LogP) is 3.65. The Morgan fingerprint density at radius 1 is 1.24 bits per heavy atom. The number of methoxy groups -OCH3 is 1. The van der Waals surface area contributed by atoms with E-state index in [0.717, 1.165) is 11.1 Å². The summed E-state index contributed by atoms with van der Waals surface area (Å²) in [7, 11) is 3.10. The fraction of sp³-hybridized carbons (Fsp3) is 0.391. The molecule has 0 amide bonds. The van der Waals surface area contributed by atoms with Crippen LogP contribution in [0.15, 0.2) is 54.1 Å². The van der Waals surface area contributed by atoms with Crippen LogP contribution < -0.4 is 0 Å². The molecule has 1 aliphatic heterocycles. The van der Waals surface area contributed by atoms with Gasteiger partial charge in [0.25, 0.3) is 5.70 Å². The van der Waals surface area contributed by atoms with Crippen molar-refractivity contribution in [1.29, 1.82) is 0 Å². The lowest BCUT2D eigenvalue weighted by molar-refractivity contribution is -0.434. The van der Waals surface area contributed by atoms with Crippen molar-refractivity contribution in [3.8, 4) is 0 Å². The highest BCUT2D eigenvalue weighted by atomic mass is 35.5. The molecule has 1 atom stereocenters. The fourth-order valence-corrected chi connectivity index (χ4v) is 4.28. The van der Waals surface area contributed by atoms with E-state index in [1.807, 2.05) is 30.0 Å². The molecule has 11 heteroatoms. The molecule has 0 N–H and O–H groups in total. The lowest BCUT2D eigenvalue weighted by Gasteiger charge is -2.41. The zero-order valence-corrected chi connectivity index (χ0v) is 20.8. The number of esters is 1. The fourth-order valence-electron chi connectivity index (χ4n) is 4.04. The Hall–Kier alpha value is -2.88. The molecular weight excluding hydrogens is 481 g/mol. The first-order valence-electron chi connectivity index (χ1n) is 10.7. The maximum absolute atomic E-state index is 12.7. The van der Waals surface area contributed by atoms with Crippen molar-refractivity contribution in [2.24, 2.45) is 0 Å². The Kier molecular flexibility index (Phi) is 8.71. The summed E-state index contributed by atoms with van der Waals surface area (Å²) in [6.45, 7) is 3.23. The first-order valence-corrected chi connectivity index (χ1v) is 11.5. The van der Waals surface area contributed by atoms with E-state index in [4.69, 9.17) is 27.9 Å². The summed E-state index contributed by atoms with van der Waals surface area (Å²) in [6.07, 6.45) is 2.00. The average molecular weight is 508 g/mol. The number of rotatable bonds is 9. The van der Waals surface area contributed by atoms with Crippen LogP contribution in [0.1, 0.15) is 18.1 Å². The van der Waals surface area contributed by atoms with E-state index in [1.165, 1.54) is 7.11 Å². The summed E-state index contributed by atoms with van der Waals surface area (Å²) in [5.41, 5.74) is 1.78. The first-order chi connectivity index (χ1) is 16.2. The first kappa shape index (κ1) is 25.7. The third kappa shape index (κ3) is 6.16. The Morgan fingerprint density at radius 3 is 2.47 bits per heavy atom. The van der Waals surface area contributed by atoms with Gasteiger partial charge in [0.1, 0.15) is 11.2 Å². The molecule has 0 spiro atoms. The number of halogens is 2. The molecule has 0 aliphatic carbocycles. The van der Waals surface area contributed by atoms with E-state index in [0.29, 0.717) is 42.2 Å². The summed E-state index contributed by atoms with van der Waals surface area (Å²) in [5, 5.41) is 13.1. The molecule has 0 fully saturated rings. The van der Waals surface area contributed by atoms with Gasteiger partial charge >= 0.3 is 5.97 Å². The largest absolute Gasteiger partial charge is 0.468 e. The second-order valence-electron chi connectivity index (χ2n) is 7.99. The summed E-state index contributed by atoms with van der Waals surface area (Å²) in [5.74, 6) is 0.0582. The maximum Gasteiger partial charge on any atom is 0.323 e. The maximum atomic E-state index is 12.7. The van der Waals surface area contributed by atoms with Crippen LogP contribution in [-0.2, 0) is 22.5 Å². The number of pyridine rings is 1. The minimum absolute atomic E-state index is 0.00457. The van der Waals surface area contributed by atoms with E-state index in [1.54, 1.807) is 41.2 Å². The van der Waals surface area contributed by atoms with E-state index in [-0.39, 0.29) is 17.2 Å². The minimum Gasteiger partial charge on any atom is -0.468 e. The quantitative estimate of drug-likeness (QED) is 0.220. The van der Waals surface area contributed by atoms with Gasteiger partial charge < -0.3 is 14.5 Å². The molecule has 182 valence electrons. The monoisotopic (exact) mass is 507 g/mol. The van der Waals surface area contributed by atoms with E-state index < -0.39 is 12.0 Å². The van der Waals surface area contributed by atoms with Crippen LogP contribution in [0.3, 0.4) is 0 Å². The van der Waals surface area contributed by atoms with Crippen LogP contribution in [0.2, 0.25) is 10.2 Å². The SMILES string of the molecule is CCN(Cc1ccc(Cl)nc1)C1=C([N+](=O)[O-])CN([C@@H](Cc2ccc(Cl)cc2)C(=O)OC)CN1C. The van der Waals surface area contributed by atoms with Crippen LogP contribution in [-0.4, -0.2) is 70.5 Å². The zero-order valence-electron chi connectivity index (χ0n) is 19.3. The number of carbonyl (C=O) groups is 1. The lowest BCUT2D eigenvalue weighted by atomic mass is 10.0. The van der Waals surface area contributed by atoms with Crippen molar-refractivity contribution < 1.29 is 14.5 Å². The van der Waals surface area contributed by atoms with Gasteiger partial charge in [-0.25, -0.2) is 4.98 Å². The molecule has 0 saturated carbocycles. The molecule has 34 heavy (non-hydrogen) atoms. The van der Waals surface area contributed by atoms with Crippen molar-refractivity contribution in [3.63, 3.8) is 0 Å². The van der Waals surface area contributed by atoms with Crippen LogP contribution in [0.25, 0.3) is 0 Å². The van der Waals surface area contributed by atoms with Gasteiger partial charge in [-0.05, 0) is 42.7 Å². The highest BCUT2D eigenvalue weighted by molar-refractivity contribution is 6.30. The lowest BCUT2D eigenvalue weighted by Crippen LogP contribution is -2.54. The number of hydrogen-bond acceptors (Lipinski definition) is 8. The van der Waals surface area contributed by atoms with E-state index in [9.17, 15) is 14.9 Å². The highest BCUT2D eigenvalue weighted by Gasteiger charge is 2.39. The molecule has 0 radical (unpaired) electrons. The number of ether oxygens (including phenoxy) is 1. The molecule has 0 saturated heterocycles. The summed E-state index contributed by atoms with van der Waals surface area (Å²) >= 11 is 11.9. The van der Waals surface area contributed by atoms with Crippen molar-refractivity contribution in [2.75, 3.05) is 33.9 Å². The van der Waals surface area contributed by atoms with Gasteiger partial charge in [-0.15, -0.1) is 0 Å².